The fourth-order valence-electron chi connectivity index (χ4n) is 3.46. The zero-order valence-corrected chi connectivity index (χ0v) is 20.9. The third kappa shape index (κ3) is 5.37. The third-order valence-corrected chi connectivity index (χ3v) is 6.22. The van der Waals surface area contributed by atoms with Gasteiger partial charge in [0.2, 0.25) is 0 Å². The lowest BCUT2D eigenvalue weighted by atomic mass is 10.2. The summed E-state index contributed by atoms with van der Waals surface area (Å²) in [6.07, 6.45) is 0.842. The standard InChI is InChI=1S/C22H31N5O2S.ClH/c1-14(2)27-16(4)13-17(24-27)21(28)26(12-8-11-25(5)6)22-23-19-18(29-7)10-9-15(3)20(19)30-22;/h9-10,13-14H,8,11-12H2,1-7H3;1H. The van der Waals surface area contributed by atoms with Crippen LogP contribution < -0.4 is 9.64 Å². The number of ether oxygens (including phenoxy) is 1. The van der Waals surface area contributed by atoms with Gasteiger partial charge in [0.1, 0.15) is 11.3 Å². The van der Waals surface area contributed by atoms with Crippen LogP contribution in [0.1, 0.15) is 48.1 Å². The topological polar surface area (TPSA) is 63.5 Å². The Labute approximate surface area is 194 Å². The normalized spacial score (nSPS) is 11.3. The van der Waals surface area contributed by atoms with Gasteiger partial charge in [-0.15, -0.1) is 12.4 Å². The maximum atomic E-state index is 13.5. The van der Waals surface area contributed by atoms with Gasteiger partial charge in [0.25, 0.3) is 5.91 Å². The van der Waals surface area contributed by atoms with Gasteiger partial charge in [0.05, 0.1) is 11.8 Å². The molecule has 3 rings (SSSR count). The first-order valence-electron chi connectivity index (χ1n) is 10.2. The van der Waals surface area contributed by atoms with Crippen molar-refractivity contribution in [3.8, 4) is 5.75 Å². The predicted octanol–water partition coefficient (Wildman–Crippen LogP) is 4.72. The SMILES string of the molecule is COc1ccc(C)c2sc(N(CCCN(C)C)C(=O)c3cc(C)n(C(C)C)n3)nc12.Cl. The molecule has 1 amide bonds. The van der Waals surface area contributed by atoms with Crippen LogP contribution in [0.15, 0.2) is 18.2 Å². The number of aryl methyl sites for hydroxylation is 2. The second-order valence-corrected chi connectivity index (χ2v) is 9.06. The number of anilines is 1. The van der Waals surface area contributed by atoms with Gasteiger partial charge in [-0.25, -0.2) is 4.98 Å². The van der Waals surface area contributed by atoms with Gasteiger partial charge in [0.15, 0.2) is 10.8 Å². The molecule has 3 aromatic rings. The number of amides is 1. The highest BCUT2D eigenvalue weighted by atomic mass is 35.5. The number of methoxy groups -OCH3 is 1. The molecule has 0 spiro atoms. The number of aromatic nitrogens is 3. The lowest BCUT2D eigenvalue weighted by Gasteiger charge is -2.20. The number of carbonyl (C=O) groups excluding carboxylic acids is 1. The van der Waals surface area contributed by atoms with E-state index in [1.165, 1.54) is 11.3 Å². The molecule has 0 fully saturated rings. The van der Waals surface area contributed by atoms with Gasteiger partial charge in [-0.2, -0.15) is 5.10 Å². The molecular weight excluding hydrogens is 434 g/mol. The van der Waals surface area contributed by atoms with E-state index in [2.05, 4.69) is 30.8 Å². The number of hydrogen-bond acceptors (Lipinski definition) is 6. The fourth-order valence-corrected chi connectivity index (χ4v) is 4.54. The number of fused-ring (bicyclic) bond motifs is 1. The van der Waals surface area contributed by atoms with Crippen molar-refractivity contribution in [3.05, 3.63) is 35.2 Å². The van der Waals surface area contributed by atoms with E-state index in [0.29, 0.717) is 17.4 Å². The van der Waals surface area contributed by atoms with Crippen molar-refractivity contribution in [3.63, 3.8) is 0 Å². The maximum Gasteiger partial charge on any atom is 0.280 e. The molecule has 1 aromatic carbocycles. The molecular formula is C22H32ClN5O2S. The summed E-state index contributed by atoms with van der Waals surface area (Å²) < 4.78 is 8.42. The first kappa shape index (κ1) is 25.1. The molecule has 0 unspecified atom stereocenters. The molecule has 0 saturated heterocycles. The number of hydrogen-bond donors (Lipinski definition) is 0. The van der Waals surface area contributed by atoms with Crippen molar-refractivity contribution in [1.82, 2.24) is 19.7 Å². The van der Waals surface area contributed by atoms with Crippen molar-refractivity contribution in [2.45, 2.75) is 40.2 Å². The third-order valence-electron chi connectivity index (χ3n) is 5.01. The van der Waals surface area contributed by atoms with Gasteiger partial charge in [-0.05, 0) is 72.5 Å². The smallest absolute Gasteiger partial charge is 0.280 e. The summed E-state index contributed by atoms with van der Waals surface area (Å²) in [7, 11) is 5.71. The number of benzene rings is 1. The Morgan fingerprint density at radius 1 is 1.23 bits per heavy atom. The minimum atomic E-state index is -0.119. The van der Waals surface area contributed by atoms with Crippen LogP contribution in [-0.2, 0) is 0 Å². The van der Waals surface area contributed by atoms with Crippen molar-refractivity contribution in [2.24, 2.45) is 0 Å². The quantitative estimate of drug-likeness (QED) is 0.481. The zero-order valence-electron chi connectivity index (χ0n) is 19.3. The second-order valence-electron chi connectivity index (χ2n) is 8.08. The molecule has 0 bridgehead atoms. The molecule has 170 valence electrons. The van der Waals surface area contributed by atoms with E-state index in [9.17, 15) is 4.79 Å². The van der Waals surface area contributed by atoms with Crippen LogP contribution in [0.2, 0.25) is 0 Å². The summed E-state index contributed by atoms with van der Waals surface area (Å²) in [5, 5.41) is 5.25. The van der Waals surface area contributed by atoms with Gasteiger partial charge in [0, 0.05) is 18.3 Å². The van der Waals surface area contributed by atoms with Crippen molar-refractivity contribution < 1.29 is 9.53 Å². The first-order chi connectivity index (χ1) is 14.2. The van der Waals surface area contributed by atoms with Gasteiger partial charge in [-0.3, -0.25) is 14.4 Å². The molecule has 2 aromatic heterocycles. The van der Waals surface area contributed by atoms with E-state index in [-0.39, 0.29) is 24.4 Å². The monoisotopic (exact) mass is 465 g/mol. The zero-order chi connectivity index (χ0) is 22.0. The Balaban J connectivity index is 0.00000341. The summed E-state index contributed by atoms with van der Waals surface area (Å²) in [5.41, 5.74) is 3.35. The molecule has 7 nitrogen and oxygen atoms in total. The van der Waals surface area contributed by atoms with Crippen molar-refractivity contribution in [2.75, 3.05) is 39.2 Å². The first-order valence-corrected chi connectivity index (χ1v) is 11.0. The van der Waals surface area contributed by atoms with Gasteiger partial charge in [-0.1, -0.05) is 17.4 Å². The van der Waals surface area contributed by atoms with E-state index < -0.39 is 0 Å². The van der Waals surface area contributed by atoms with Crippen LogP contribution >= 0.6 is 23.7 Å². The highest BCUT2D eigenvalue weighted by Crippen LogP contribution is 2.36. The Kier molecular flexibility index (Phi) is 8.45. The fraction of sp³-hybridized carbons (Fsp3) is 0.500. The van der Waals surface area contributed by atoms with Crippen LogP contribution in [0, 0.1) is 13.8 Å². The molecule has 9 heteroatoms. The predicted molar refractivity (Wildman–Crippen MR) is 130 cm³/mol. The number of nitrogens with zero attached hydrogens (tertiary/aromatic N) is 5. The Bertz CT molecular complexity index is 1040. The lowest BCUT2D eigenvalue weighted by molar-refractivity contribution is 0.0980. The molecule has 0 aliphatic carbocycles. The van der Waals surface area contributed by atoms with Gasteiger partial charge >= 0.3 is 0 Å². The molecule has 0 saturated carbocycles. The minimum Gasteiger partial charge on any atom is -0.494 e. The van der Waals surface area contributed by atoms with Crippen LogP contribution in [0.25, 0.3) is 10.2 Å². The Morgan fingerprint density at radius 2 is 1.94 bits per heavy atom. The highest BCUT2D eigenvalue weighted by Gasteiger charge is 2.25. The summed E-state index contributed by atoms with van der Waals surface area (Å²) in [6, 6.07) is 6.01. The highest BCUT2D eigenvalue weighted by molar-refractivity contribution is 7.22. The summed E-state index contributed by atoms with van der Waals surface area (Å²) in [4.78, 5) is 22.2. The van der Waals surface area contributed by atoms with Crippen LogP contribution in [0.4, 0.5) is 5.13 Å². The van der Waals surface area contributed by atoms with E-state index in [1.54, 1.807) is 12.0 Å². The van der Waals surface area contributed by atoms with Gasteiger partial charge < -0.3 is 9.64 Å². The Hall–Kier alpha value is -2.16. The number of halogens is 1. The summed E-state index contributed by atoms with van der Waals surface area (Å²) >= 11 is 1.53. The van der Waals surface area contributed by atoms with Crippen molar-refractivity contribution >= 4 is 45.0 Å². The van der Waals surface area contributed by atoms with Crippen LogP contribution in [0.3, 0.4) is 0 Å². The van der Waals surface area contributed by atoms with E-state index >= 15 is 0 Å². The number of rotatable bonds is 8. The van der Waals surface area contributed by atoms with Crippen LogP contribution in [-0.4, -0.2) is 59.9 Å². The lowest BCUT2D eigenvalue weighted by Crippen LogP contribution is -2.33. The van der Waals surface area contributed by atoms with E-state index in [4.69, 9.17) is 9.72 Å². The molecule has 2 heterocycles. The molecule has 0 atom stereocenters. The number of thiazole rings is 1. The number of carbonyl (C=O) groups is 1. The molecule has 0 aliphatic heterocycles. The average Bonchev–Trinajstić information content (AvgIpc) is 3.29. The Morgan fingerprint density at radius 3 is 2.52 bits per heavy atom. The summed E-state index contributed by atoms with van der Waals surface area (Å²) in [6.45, 7) is 9.61. The largest absolute Gasteiger partial charge is 0.494 e. The maximum absolute atomic E-state index is 13.5. The molecule has 0 N–H and O–H groups in total. The van der Waals surface area contributed by atoms with E-state index in [0.717, 1.165) is 40.2 Å². The molecule has 31 heavy (non-hydrogen) atoms. The summed E-state index contributed by atoms with van der Waals surface area (Å²) in [5.74, 6) is 0.602. The molecule has 0 aliphatic rings. The van der Waals surface area contributed by atoms with Crippen LogP contribution in [0.5, 0.6) is 5.75 Å². The molecule has 0 radical (unpaired) electrons. The van der Waals surface area contributed by atoms with Crippen molar-refractivity contribution in [1.29, 1.82) is 0 Å². The second kappa shape index (κ2) is 10.4. The minimum absolute atomic E-state index is 0. The van der Waals surface area contributed by atoms with E-state index in [1.807, 2.05) is 43.9 Å². The average molecular weight is 466 g/mol.